The van der Waals surface area contributed by atoms with Gasteiger partial charge >= 0.3 is 0 Å². The Balaban J connectivity index is 1.21. The molecule has 0 aliphatic heterocycles. The van der Waals surface area contributed by atoms with Gasteiger partial charge in [0.1, 0.15) is 5.75 Å². The molecule has 0 fully saturated rings. The highest BCUT2D eigenvalue weighted by molar-refractivity contribution is 8.00. The zero-order valence-electron chi connectivity index (χ0n) is 17.4. The van der Waals surface area contributed by atoms with Crippen molar-refractivity contribution in [3.63, 3.8) is 0 Å². The number of carbonyl (C=O) groups excluding carboxylic acids is 1. The molecular weight excluding hydrogens is 450 g/mol. The molecule has 0 unspecified atom stereocenters. The summed E-state index contributed by atoms with van der Waals surface area (Å²) in [5.74, 6) is 0.582. The molecule has 5 aromatic rings. The molecule has 0 saturated heterocycles. The number of carbonyl (C=O) groups is 1. The van der Waals surface area contributed by atoms with Gasteiger partial charge in [-0.05, 0) is 46.7 Å². The predicted octanol–water partition coefficient (Wildman–Crippen LogP) is 6.21. The second kappa shape index (κ2) is 9.44. The summed E-state index contributed by atoms with van der Waals surface area (Å²) in [7, 11) is 0. The first-order valence-electron chi connectivity index (χ1n) is 10.3. The summed E-state index contributed by atoms with van der Waals surface area (Å²) in [6, 6.07) is 26.7. The van der Waals surface area contributed by atoms with E-state index < -0.39 is 0 Å². The van der Waals surface area contributed by atoms with E-state index >= 15 is 0 Å². The van der Waals surface area contributed by atoms with Gasteiger partial charge in [-0.2, -0.15) is 5.10 Å². The number of nitrogens with one attached hydrogen (secondary N) is 1. The van der Waals surface area contributed by atoms with E-state index in [0.29, 0.717) is 11.1 Å². The molecule has 2 N–H and O–H groups in total. The number of thioether (sulfide) groups is 1. The molecule has 5 rings (SSSR count). The molecule has 33 heavy (non-hydrogen) atoms. The number of hydrogen-bond donors (Lipinski definition) is 2. The van der Waals surface area contributed by atoms with Crippen LogP contribution in [-0.2, 0) is 5.75 Å². The van der Waals surface area contributed by atoms with E-state index in [0.717, 1.165) is 31.9 Å². The molecule has 0 radical (unpaired) electrons. The lowest BCUT2D eigenvalue weighted by atomic mass is 10.0. The molecule has 0 atom stereocenters. The van der Waals surface area contributed by atoms with Crippen LogP contribution in [0.4, 0.5) is 0 Å². The minimum absolute atomic E-state index is 0.113. The highest BCUT2D eigenvalue weighted by atomic mass is 32.2. The van der Waals surface area contributed by atoms with Crippen molar-refractivity contribution >= 4 is 56.2 Å². The van der Waals surface area contributed by atoms with Crippen LogP contribution >= 0.6 is 23.1 Å². The van der Waals surface area contributed by atoms with Crippen molar-refractivity contribution in [1.82, 2.24) is 10.4 Å². The van der Waals surface area contributed by atoms with Gasteiger partial charge in [-0.3, -0.25) is 4.79 Å². The standard InChI is InChI=1S/C26H19N3O2S2/c30-23-14-13-18-5-1-2-6-20(18)21(23)15-27-29-25(31)19-11-9-17(10-12-19)16-32-26-28-22-7-3-4-8-24(22)33-26/h1-15,30H,16H2,(H,29,31)/b27-15+. The van der Waals surface area contributed by atoms with E-state index in [4.69, 9.17) is 0 Å². The number of phenols is 1. The first-order chi connectivity index (χ1) is 16.2. The molecule has 0 spiro atoms. The number of fused-ring (bicyclic) bond motifs is 2. The van der Waals surface area contributed by atoms with Crippen LogP contribution in [0.1, 0.15) is 21.5 Å². The Morgan fingerprint density at radius 2 is 1.79 bits per heavy atom. The number of aromatic hydroxyl groups is 1. The number of rotatable bonds is 6. The summed E-state index contributed by atoms with van der Waals surface area (Å²) in [6.07, 6.45) is 1.47. The van der Waals surface area contributed by atoms with E-state index in [-0.39, 0.29) is 11.7 Å². The van der Waals surface area contributed by atoms with Crippen LogP contribution in [-0.4, -0.2) is 22.2 Å². The minimum Gasteiger partial charge on any atom is -0.507 e. The third-order valence-corrected chi connectivity index (χ3v) is 7.41. The molecule has 4 aromatic carbocycles. The lowest BCUT2D eigenvalue weighted by molar-refractivity contribution is 0.0955. The number of benzene rings is 4. The van der Waals surface area contributed by atoms with Crippen LogP contribution in [0, 0.1) is 0 Å². The number of para-hydroxylation sites is 1. The van der Waals surface area contributed by atoms with E-state index in [1.807, 2.05) is 60.7 Å². The predicted molar refractivity (Wildman–Crippen MR) is 136 cm³/mol. The Morgan fingerprint density at radius 3 is 2.64 bits per heavy atom. The molecule has 0 aliphatic rings. The van der Waals surface area contributed by atoms with Crippen LogP contribution in [0.25, 0.3) is 21.0 Å². The van der Waals surface area contributed by atoms with Crippen molar-refractivity contribution in [2.24, 2.45) is 5.10 Å². The van der Waals surface area contributed by atoms with E-state index in [2.05, 4.69) is 21.6 Å². The fraction of sp³-hybridized carbons (Fsp3) is 0.0385. The van der Waals surface area contributed by atoms with Gasteiger partial charge in [0.05, 0.1) is 16.4 Å². The van der Waals surface area contributed by atoms with Gasteiger partial charge in [0, 0.05) is 16.9 Å². The maximum Gasteiger partial charge on any atom is 0.271 e. The van der Waals surface area contributed by atoms with Crippen molar-refractivity contribution < 1.29 is 9.90 Å². The summed E-state index contributed by atoms with van der Waals surface area (Å²) in [5.41, 5.74) is 5.75. The number of phenolic OH excluding ortho intramolecular Hbond substituents is 1. The Morgan fingerprint density at radius 1 is 1.00 bits per heavy atom. The SMILES string of the molecule is O=C(N/N=C/c1c(O)ccc2ccccc12)c1ccc(CSc2nc3ccccc3s2)cc1. The van der Waals surface area contributed by atoms with Crippen LogP contribution in [0.15, 0.2) is 94.4 Å². The van der Waals surface area contributed by atoms with Crippen molar-refractivity contribution in [3.8, 4) is 5.75 Å². The third-order valence-electron chi connectivity index (χ3n) is 5.16. The van der Waals surface area contributed by atoms with Gasteiger partial charge < -0.3 is 5.11 Å². The normalized spacial score (nSPS) is 11.4. The first kappa shape index (κ1) is 21.2. The number of thiazole rings is 1. The van der Waals surface area contributed by atoms with Crippen LogP contribution < -0.4 is 5.43 Å². The van der Waals surface area contributed by atoms with Gasteiger partial charge in [-0.15, -0.1) is 11.3 Å². The Bertz CT molecular complexity index is 1440. The zero-order chi connectivity index (χ0) is 22.6. The van der Waals surface area contributed by atoms with Gasteiger partial charge in [0.2, 0.25) is 0 Å². The summed E-state index contributed by atoms with van der Waals surface area (Å²) in [5, 5.41) is 16.1. The number of nitrogens with zero attached hydrogens (tertiary/aromatic N) is 2. The molecular formula is C26H19N3O2S2. The molecule has 1 amide bonds. The van der Waals surface area contributed by atoms with Gasteiger partial charge in [0.25, 0.3) is 5.91 Å². The Kier molecular flexibility index (Phi) is 6.06. The summed E-state index contributed by atoms with van der Waals surface area (Å²) in [4.78, 5) is 17.1. The molecule has 1 aromatic heterocycles. The van der Waals surface area contributed by atoms with Crippen molar-refractivity contribution in [2.45, 2.75) is 10.1 Å². The average molecular weight is 470 g/mol. The maximum atomic E-state index is 12.5. The van der Waals surface area contributed by atoms with Gasteiger partial charge in [-0.1, -0.05) is 66.4 Å². The molecule has 0 bridgehead atoms. The second-order valence-electron chi connectivity index (χ2n) is 7.35. The summed E-state index contributed by atoms with van der Waals surface area (Å²) in [6.45, 7) is 0. The topological polar surface area (TPSA) is 74.6 Å². The van der Waals surface area contributed by atoms with E-state index in [1.54, 1.807) is 41.3 Å². The zero-order valence-corrected chi connectivity index (χ0v) is 19.1. The fourth-order valence-corrected chi connectivity index (χ4v) is 5.47. The smallest absolute Gasteiger partial charge is 0.271 e. The number of hydrogen-bond acceptors (Lipinski definition) is 6. The molecule has 162 valence electrons. The lowest BCUT2D eigenvalue weighted by Gasteiger charge is -2.05. The molecule has 1 heterocycles. The van der Waals surface area contributed by atoms with Crippen LogP contribution in [0.3, 0.4) is 0 Å². The maximum absolute atomic E-state index is 12.5. The van der Waals surface area contributed by atoms with Crippen molar-refractivity contribution in [2.75, 3.05) is 0 Å². The summed E-state index contributed by atoms with van der Waals surface area (Å²) < 4.78 is 2.22. The average Bonchev–Trinajstić information content (AvgIpc) is 3.27. The number of amides is 1. The third kappa shape index (κ3) is 4.74. The van der Waals surface area contributed by atoms with Crippen LogP contribution in [0.2, 0.25) is 0 Å². The lowest BCUT2D eigenvalue weighted by Crippen LogP contribution is -2.17. The first-order valence-corrected chi connectivity index (χ1v) is 12.1. The Hall–Kier alpha value is -3.68. The Labute approximate surface area is 198 Å². The molecule has 7 heteroatoms. The monoisotopic (exact) mass is 469 g/mol. The van der Waals surface area contributed by atoms with Gasteiger partial charge in [0.15, 0.2) is 4.34 Å². The minimum atomic E-state index is -0.309. The van der Waals surface area contributed by atoms with Crippen molar-refractivity contribution in [1.29, 1.82) is 0 Å². The molecule has 5 nitrogen and oxygen atoms in total. The largest absolute Gasteiger partial charge is 0.507 e. The van der Waals surface area contributed by atoms with Crippen LogP contribution in [0.5, 0.6) is 5.75 Å². The molecule has 0 aliphatic carbocycles. The highest BCUT2D eigenvalue weighted by Crippen LogP contribution is 2.31. The van der Waals surface area contributed by atoms with Crippen molar-refractivity contribution in [3.05, 3.63) is 102 Å². The number of hydrazone groups is 1. The quantitative estimate of drug-likeness (QED) is 0.176. The fourth-order valence-electron chi connectivity index (χ4n) is 3.45. The number of aromatic nitrogens is 1. The highest BCUT2D eigenvalue weighted by Gasteiger charge is 2.08. The van der Waals surface area contributed by atoms with E-state index in [1.165, 1.54) is 10.9 Å². The van der Waals surface area contributed by atoms with Gasteiger partial charge in [-0.25, -0.2) is 10.4 Å². The van der Waals surface area contributed by atoms with E-state index in [9.17, 15) is 9.90 Å². The molecule has 0 saturated carbocycles. The summed E-state index contributed by atoms with van der Waals surface area (Å²) >= 11 is 3.37. The second-order valence-corrected chi connectivity index (χ2v) is 9.60.